The first-order chi connectivity index (χ1) is 6.71. The molecule has 0 heterocycles. The lowest BCUT2D eigenvalue weighted by molar-refractivity contribution is -0.156. The average Bonchev–Trinajstić information content (AvgIpc) is 2.12. The normalized spacial score (nSPS) is 15.9. The molecule has 0 rings (SSSR count). The van der Waals surface area contributed by atoms with E-state index in [4.69, 9.17) is 5.11 Å². The van der Waals surface area contributed by atoms with Crippen molar-refractivity contribution in [1.82, 2.24) is 5.32 Å². The Morgan fingerprint density at radius 2 is 2.00 bits per heavy atom. The van der Waals surface area contributed by atoms with Gasteiger partial charge in [0.15, 0.2) is 15.4 Å². The minimum absolute atomic E-state index is 0.0564. The van der Waals surface area contributed by atoms with Crippen molar-refractivity contribution in [2.75, 3.05) is 24.6 Å². The molecule has 1 atom stereocenters. The molecule has 0 aromatic carbocycles. The van der Waals surface area contributed by atoms with Crippen LogP contribution in [-0.4, -0.2) is 54.8 Å². The number of rotatable bonds is 7. The highest BCUT2D eigenvalue weighted by atomic mass is 32.2. The molecule has 0 aromatic rings. The van der Waals surface area contributed by atoms with Gasteiger partial charge in [0.2, 0.25) is 0 Å². The maximum Gasteiger partial charge on any atom is 0.336 e. The zero-order valence-electron chi connectivity index (χ0n) is 8.86. The summed E-state index contributed by atoms with van der Waals surface area (Å²) in [5, 5.41) is 20.4. The van der Waals surface area contributed by atoms with Gasteiger partial charge in [-0.25, -0.2) is 13.2 Å². The van der Waals surface area contributed by atoms with Crippen LogP contribution in [0.15, 0.2) is 0 Å². The second-order valence-electron chi connectivity index (χ2n) is 3.49. The number of sulfone groups is 1. The van der Waals surface area contributed by atoms with Crippen molar-refractivity contribution in [3.63, 3.8) is 0 Å². The predicted molar refractivity (Wildman–Crippen MR) is 55.5 cm³/mol. The Morgan fingerprint density at radius 1 is 1.47 bits per heavy atom. The average molecular weight is 239 g/mol. The molecule has 90 valence electrons. The van der Waals surface area contributed by atoms with Gasteiger partial charge in [0.05, 0.1) is 5.75 Å². The fourth-order valence-electron chi connectivity index (χ4n) is 0.779. The fraction of sp³-hybridized carbons (Fsp3) is 0.875. The van der Waals surface area contributed by atoms with Gasteiger partial charge >= 0.3 is 5.97 Å². The Morgan fingerprint density at radius 3 is 2.40 bits per heavy atom. The van der Waals surface area contributed by atoms with Crippen molar-refractivity contribution < 1.29 is 23.4 Å². The van der Waals surface area contributed by atoms with Crippen LogP contribution in [0.1, 0.15) is 13.8 Å². The standard InChI is InChI=1S/C8H17NO5S/c1-3-15(13,14)5-4-9-6-8(2,12)7(10)11/h9,12H,3-6H2,1-2H3,(H,10,11). The molecule has 1 unspecified atom stereocenters. The first kappa shape index (κ1) is 14.3. The number of nitrogens with one attached hydrogen (secondary N) is 1. The molecule has 0 aliphatic rings. The minimum atomic E-state index is -3.05. The number of aliphatic carboxylic acids is 1. The van der Waals surface area contributed by atoms with Crippen molar-refractivity contribution in [3.05, 3.63) is 0 Å². The molecule has 0 saturated carbocycles. The fourth-order valence-corrected chi connectivity index (χ4v) is 1.52. The first-order valence-corrected chi connectivity index (χ1v) is 6.40. The maximum atomic E-state index is 11.0. The Kier molecular flexibility index (Phi) is 5.19. The van der Waals surface area contributed by atoms with E-state index in [0.717, 1.165) is 6.92 Å². The Hall–Kier alpha value is -0.660. The first-order valence-electron chi connectivity index (χ1n) is 4.58. The SMILES string of the molecule is CCS(=O)(=O)CCNCC(C)(O)C(=O)O. The van der Waals surface area contributed by atoms with Gasteiger partial charge in [-0.1, -0.05) is 6.92 Å². The Labute approximate surface area is 89.2 Å². The number of aliphatic hydroxyl groups is 1. The van der Waals surface area contributed by atoms with Gasteiger partial charge in [0.1, 0.15) is 0 Å². The summed E-state index contributed by atoms with van der Waals surface area (Å²) in [6.07, 6.45) is 0. The molecule has 0 saturated heterocycles. The van der Waals surface area contributed by atoms with Crippen molar-refractivity contribution >= 4 is 15.8 Å². The number of hydrogen-bond acceptors (Lipinski definition) is 5. The molecule has 0 aliphatic heterocycles. The van der Waals surface area contributed by atoms with E-state index in [1.807, 2.05) is 0 Å². The third-order valence-corrected chi connectivity index (χ3v) is 3.67. The quantitative estimate of drug-likeness (QED) is 0.484. The van der Waals surface area contributed by atoms with E-state index in [2.05, 4.69) is 5.32 Å². The van der Waals surface area contributed by atoms with E-state index in [1.54, 1.807) is 6.92 Å². The van der Waals surface area contributed by atoms with E-state index in [0.29, 0.717) is 0 Å². The number of carbonyl (C=O) groups is 1. The molecule has 3 N–H and O–H groups in total. The van der Waals surface area contributed by atoms with E-state index >= 15 is 0 Å². The zero-order chi connectivity index (χ0) is 12.1. The van der Waals surface area contributed by atoms with Crippen LogP contribution in [-0.2, 0) is 14.6 Å². The molecular weight excluding hydrogens is 222 g/mol. The maximum absolute atomic E-state index is 11.0. The van der Waals surface area contributed by atoms with Crippen molar-refractivity contribution in [2.24, 2.45) is 0 Å². The number of carboxylic acids is 1. The van der Waals surface area contributed by atoms with Crippen LogP contribution in [0.2, 0.25) is 0 Å². The molecule has 0 aromatic heterocycles. The van der Waals surface area contributed by atoms with E-state index in [1.165, 1.54) is 0 Å². The second-order valence-corrected chi connectivity index (χ2v) is 5.96. The molecule has 0 fully saturated rings. The van der Waals surface area contributed by atoms with Crippen LogP contribution < -0.4 is 5.32 Å². The summed E-state index contributed by atoms with van der Waals surface area (Å²) in [7, 11) is -3.05. The second kappa shape index (κ2) is 5.43. The molecule has 15 heavy (non-hydrogen) atoms. The third kappa shape index (κ3) is 5.71. The highest BCUT2D eigenvalue weighted by Crippen LogP contribution is 2.00. The summed E-state index contributed by atoms with van der Waals surface area (Å²) in [5.74, 6) is -1.34. The molecule has 0 spiro atoms. The summed E-state index contributed by atoms with van der Waals surface area (Å²) in [6, 6.07) is 0. The van der Waals surface area contributed by atoms with Crippen molar-refractivity contribution in [2.45, 2.75) is 19.4 Å². The number of carboxylic acid groups (broad SMARTS) is 1. The van der Waals surface area contributed by atoms with Crippen molar-refractivity contribution in [3.8, 4) is 0 Å². The van der Waals surface area contributed by atoms with Crippen LogP contribution in [0.5, 0.6) is 0 Å². The van der Waals surface area contributed by atoms with Crippen LogP contribution in [0.25, 0.3) is 0 Å². The number of hydrogen-bond donors (Lipinski definition) is 3. The third-order valence-electron chi connectivity index (χ3n) is 1.96. The molecular formula is C8H17NO5S. The van der Waals surface area contributed by atoms with Crippen LogP contribution in [0, 0.1) is 0 Å². The lowest BCUT2D eigenvalue weighted by Gasteiger charge is -2.18. The van der Waals surface area contributed by atoms with Crippen LogP contribution >= 0.6 is 0 Å². The van der Waals surface area contributed by atoms with Gasteiger partial charge in [-0.05, 0) is 6.92 Å². The molecule has 6 nitrogen and oxygen atoms in total. The molecule has 0 radical (unpaired) electrons. The van der Waals surface area contributed by atoms with Crippen molar-refractivity contribution in [1.29, 1.82) is 0 Å². The highest BCUT2D eigenvalue weighted by Gasteiger charge is 2.29. The summed E-state index contributed by atoms with van der Waals surface area (Å²) in [5.41, 5.74) is -1.87. The Bertz CT molecular complexity index is 309. The topological polar surface area (TPSA) is 104 Å². The zero-order valence-corrected chi connectivity index (χ0v) is 9.67. The van der Waals surface area contributed by atoms with Gasteiger partial charge in [-0.2, -0.15) is 0 Å². The summed E-state index contributed by atoms with van der Waals surface area (Å²) in [4.78, 5) is 10.5. The van der Waals surface area contributed by atoms with Gasteiger partial charge in [0, 0.05) is 18.8 Å². The van der Waals surface area contributed by atoms with Crippen LogP contribution in [0.3, 0.4) is 0 Å². The summed E-state index contributed by atoms with van der Waals surface area (Å²) >= 11 is 0. The Balaban J connectivity index is 3.87. The predicted octanol–water partition coefficient (Wildman–Crippen LogP) is -1.15. The van der Waals surface area contributed by atoms with Gasteiger partial charge < -0.3 is 15.5 Å². The van der Waals surface area contributed by atoms with Gasteiger partial charge in [-0.3, -0.25) is 0 Å². The molecule has 0 amide bonds. The van der Waals surface area contributed by atoms with Gasteiger partial charge in [0.25, 0.3) is 0 Å². The van der Waals surface area contributed by atoms with E-state index in [9.17, 15) is 18.3 Å². The highest BCUT2D eigenvalue weighted by molar-refractivity contribution is 7.91. The lowest BCUT2D eigenvalue weighted by Crippen LogP contribution is -2.45. The molecule has 0 bridgehead atoms. The summed E-state index contributed by atoms with van der Waals surface area (Å²) in [6.45, 7) is 2.65. The van der Waals surface area contributed by atoms with E-state index < -0.39 is 21.4 Å². The molecule has 0 aliphatic carbocycles. The van der Waals surface area contributed by atoms with Crippen LogP contribution in [0.4, 0.5) is 0 Å². The van der Waals surface area contributed by atoms with E-state index in [-0.39, 0.29) is 24.6 Å². The smallest absolute Gasteiger partial charge is 0.336 e. The van der Waals surface area contributed by atoms with Gasteiger partial charge in [-0.15, -0.1) is 0 Å². The largest absolute Gasteiger partial charge is 0.479 e. The molecule has 7 heteroatoms. The monoisotopic (exact) mass is 239 g/mol. The lowest BCUT2D eigenvalue weighted by atomic mass is 10.1. The minimum Gasteiger partial charge on any atom is -0.479 e. The summed E-state index contributed by atoms with van der Waals surface area (Å²) < 4.78 is 22.1.